The fraction of sp³-hybridized carbons (Fsp3) is 0.714. The standard InChI is InChI=1S/C21H36/c1-4-7-10-13-19-16-20(14-11-8-5-2)18-21(17-19)15-12-9-6-3/h16-18H,4-15H2,1-3H3. The van der Waals surface area contributed by atoms with Crippen molar-refractivity contribution in [2.45, 2.75) is 97.8 Å². The van der Waals surface area contributed by atoms with Crippen LogP contribution in [0, 0.1) is 0 Å². The average molecular weight is 289 g/mol. The number of unbranched alkanes of at least 4 members (excludes halogenated alkanes) is 6. The van der Waals surface area contributed by atoms with Gasteiger partial charge in [0.25, 0.3) is 0 Å². The van der Waals surface area contributed by atoms with Crippen molar-refractivity contribution < 1.29 is 0 Å². The average Bonchev–Trinajstić information content (AvgIpc) is 2.48. The molecular weight excluding hydrogens is 252 g/mol. The van der Waals surface area contributed by atoms with E-state index >= 15 is 0 Å². The number of hydrogen-bond acceptors (Lipinski definition) is 0. The van der Waals surface area contributed by atoms with Crippen LogP contribution in [0.15, 0.2) is 18.2 Å². The Kier molecular flexibility index (Phi) is 10.3. The lowest BCUT2D eigenvalue weighted by atomic mass is 9.96. The molecule has 0 radical (unpaired) electrons. The van der Waals surface area contributed by atoms with Gasteiger partial charge in [-0.15, -0.1) is 0 Å². The van der Waals surface area contributed by atoms with E-state index in [-0.39, 0.29) is 0 Å². The minimum absolute atomic E-state index is 1.27. The van der Waals surface area contributed by atoms with E-state index in [2.05, 4.69) is 39.0 Å². The van der Waals surface area contributed by atoms with Crippen molar-refractivity contribution in [1.82, 2.24) is 0 Å². The van der Waals surface area contributed by atoms with Crippen LogP contribution in [0.4, 0.5) is 0 Å². The molecule has 0 spiro atoms. The summed E-state index contributed by atoms with van der Waals surface area (Å²) in [6, 6.07) is 7.44. The molecule has 1 aromatic rings. The fourth-order valence-corrected chi connectivity index (χ4v) is 3.01. The summed E-state index contributed by atoms with van der Waals surface area (Å²) >= 11 is 0. The molecule has 21 heavy (non-hydrogen) atoms. The molecule has 120 valence electrons. The molecule has 0 fully saturated rings. The van der Waals surface area contributed by atoms with Crippen LogP contribution in [-0.2, 0) is 19.3 Å². The number of rotatable bonds is 12. The molecule has 0 aliphatic heterocycles. The van der Waals surface area contributed by atoms with Crippen LogP contribution in [0.5, 0.6) is 0 Å². The van der Waals surface area contributed by atoms with Gasteiger partial charge in [0.1, 0.15) is 0 Å². The zero-order valence-corrected chi connectivity index (χ0v) is 14.7. The van der Waals surface area contributed by atoms with Gasteiger partial charge in [0.2, 0.25) is 0 Å². The Morgan fingerprint density at radius 2 is 0.762 bits per heavy atom. The maximum atomic E-state index is 2.48. The maximum Gasteiger partial charge on any atom is -0.0279 e. The highest BCUT2D eigenvalue weighted by Crippen LogP contribution is 2.18. The quantitative estimate of drug-likeness (QED) is 0.367. The van der Waals surface area contributed by atoms with E-state index in [0.29, 0.717) is 0 Å². The van der Waals surface area contributed by atoms with E-state index < -0.39 is 0 Å². The number of hydrogen-bond donors (Lipinski definition) is 0. The van der Waals surface area contributed by atoms with Gasteiger partial charge in [-0.3, -0.25) is 0 Å². The number of aryl methyl sites for hydroxylation is 3. The molecule has 0 saturated heterocycles. The van der Waals surface area contributed by atoms with Crippen molar-refractivity contribution in [3.63, 3.8) is 0 Å². The zero-order valence-electron chi connectivity index (χ0n) is 14.7. The highest BCUT2D eigenvalue weighted by molar-refractivity contribution is 5.30. The molecule has 0 amide bonds. The van der Waals surface area contributed by atoms with E-state index in [1.807, 2.05) is 0 Å². The van der Waals surface area contributed by atoms with E-state index in [9.17, 15) is 0 Å². The summed E-state index contributed by atoms with van der Waals surface area (Å²) in [5.41, 5.74) is 4.76. The molecule has 0 aromatic heterocycles. The first-order valence-electron chi connectivity index (χ1n) is 9.41. The van der Waals surface area contributed by atoms with E-state index in [4.69, 9.17) is 0 Å². The first-order valence-corrected chi connectivity index (χ1v) is 9.41. The van der Waals surface area contributed by atoms with E-state index in [1.165, 1.54) is 77.0 Å². The summed E-state index contributed by atoms with van der Waals surface area (Å²) in [6.07, 6.45) is 15.9. The van der Waals surface area contributed by atoms with Gasteiger partial charge in [0, 0.05) is 0 Å². The molecule has 1 rings (SSSR count). The largest absolute Gasteiger partial charge is 0.0654 e. The SMILES string of the molecule is CCCCCc1cc(CCCCC)cc(CCCCC)c1. The molecule has 0 aliphatic rings. The number of benzene rings is 1. The predicted octanol–water partition coefficient (Wildman–Crippen LogP) is 6.88. The highest BCUT2D eigenvalue weighted by Gasteiger charge is 2.02. The second-order valence-corrected chi connectivity index (χ2v) is 6.53. The fourth-order valence-electron chi connectivity index (χ4n) is 3.01. The first kappa shape index (κ1) is 18.3. The van der Waals surface area contributed by atoms with Gasteiger partial charge in [-0.1, -0.05) is 77.5 Å². The van der Waals surface area contributed by atoms with Crippen LogP contribution in [0.2, 0.25) is 0 Å². The van der Waals surface area contributed by atoms with Crippen molar-refractivity contribution >= 4 is 0 Å². The summed E-state index contributed by atoms with van der Waals surface area (Å²) in [5, 5.41) is 0. The zero-order chi connectivity index (χ0) is 15.3. The van der Waals surface area contributed by atoms with Crippen LogP contribution < -0.4 is 0 Å². The molecule has 0 saturated carbocycles. The van der Waals surface area contributed by atoms with Crippen molar-refractivity contribution in [2.24, 2.45) is 0 Å². The Morgan fingerprint density at radius 1 is 0.476 bits per heavy atom. The van der Waals surface area contributed by atoms with E-state index in [0.717, 1.165) is 0 Å². The topological polar surface area (TPSA) is 0 Å². The van der Waals surface area contributed by atoms with Gasteiger partial charge >= 0.3 is 0 Å². The normalized spacial score (nSPS) is 11.0. The summed E-state index contributed by atoms with van der Waals surface area (Å²) < 4.78 is 0. The van der Waals surface area contributed by atoms with Crippen LogP contribution in [0.1, 0.15) is 95.2 Å². The monoisotopic (exact) mass is 288 g/mol. The minimum atomic E-state index is 1.27. The molecule has 0 unspecified atom stereocenters. The Labute approximate surface area is 133 Å². The summed E-state index contributed by atoms with van der Waals surface area (Å²) in [5.74, 6) is 0. The van der Waals surface area contributed by atoms with Gasteiger partial charge < -0.3 is 0 Å². The van der Waals surface area contributed by atoms with Gasteiger partial charge in [-0.25, -0.2) is 0 Å². The van der Waals surface area contributed by atoms with Gasteiger partial charge in [-0.2, -0.15) is 0 Å². The molecule has 1 aromatic carbocycles. The van der Waals surface area contributed by atoms with Crippen LogP contribution in [0.3, 0.4) is 0 Å². The maximum absolute atomic E-state index is 2.48. The van der Waals surface area contributed by atoms with E-state index in [1.54, 1.807) is 16.7 Å². The third-order valence-electron chi connectivity index (χ3n) is 4.32. The molecule has 0 bridgehead atoms. The predicted molar refractivity (Wildman–Crippen MR) is 96.1 cm³/mol. The van der Waals surface area contributed by atoms with Crippen molar-refractivity contribution in [3.05, 3.63) is 34.9 Å². The highest BCUT2D eigenvalue weighted by atomic mass is 14.1. The van der Waals surface area contributed by atoms with Crippen molar-refractivity contribution in [3.8, 4) is 0 Å². The minimum Gasteiger partial charge on any atom is -0.0654 e. The smallest absolute Gasteiger partial charge is 0.0279 e. The van der Waals surface area contributed by atoms with Crippen molar-refractivity contribution in [2.75, 3.05) is 0 Å². The van der Waals surface area contributed by atoms with Crippen molar-refractivity contribution in [1.29, 1.82) is 0 Å². The Balaban J connectivity index is 2.65. The Bertz CT molecular complexity index is 295. The molecule has 0 aliphatic carbocycles. The summed E-state index contributed by atoms with van der Waals surface area (Å²) in [7, 11) is 0. The lowest BCUT2D eigenvalue weighted by Gasteiger charge is -2.10. The van der Waals surface area contributed by atoms with Crippen LogP contribution in [0.25, 0.3) is 0 Å². The molecule has 0 N–H and O–H groups in total. The lowest BCUT2D eigenvalue weighted by molar-refractivity contribution is 0.699. The second kappa shape index (κ2) is 11.8. The summed E-state index contributed by atoms with van der Waals surface area (Å²) in [6.45, 7) is 6.87. The molecule has 0 atom stereocenters. The van der Waals surface area contributed by atoms with Gasteiger partial charge in [0.05, 0.1) is 0 Å². The Hall–Kier alpha value is -0.780. The van der Waals surface area contributed by atoms with Gasteiger partial charge in [0.15, 0.2) is 0 Å². The first-order chi connectivity index (χ1) is 10.3. The third-order valence-corrected chi connectivity index (χ3v) is 4.32. The molecule has 0 heterocycles. The molecule has 0 heteroatoms. The third kappa shape index (κ3) is 8.29. The molecule has 0 nitrogen and oxygen atoms in total. The second-order valence-electron chi connectivity index (χ2n) is 6.53. The van der Waals surface area contributed by atoms with Gasteiger partial charge in [-0.05, 0) is 55.2 Å². The van der Waals surface area contributed by atoms with Crippen LogP contribution >= 0.6 is 0 Å². The van der Waals surface area contributed by atoms with Crippen LogP contribution in [-0.4, -0.2) is 0 Å². The molecular formula is C21H36. The summed E-state index contributed by atoms with van der Waals surface area (Å²) in [4.78, 5) is 0. The lowest BCUT2D eigenvalue weighted by Crippen LogP contribution is -1.95. The Morgan fingerprint density at radius 3 is 1.00 bits per heavy atom.